The molecule has 0 fully saturated rings. The first kappa shape index (κ1) is 18.8. The minimum atomic E-state index is 0.547. The maximum absolute atomic E-state index is 6.23. The van der Waals surface area contributed by atoms with Gasteiger partial charge in [0.05, 0.1) is 19.2 Å². The molecular formula is C21H22ClN3O3. The lowest BCUT2D eigenvalue weighted by Gasteiger charge is -2.21. The van der Waals surface area contributed by atoms with Crippen molar-refractivity contribution in [2.24, 2.45) is 0 Å². The van der Waals surface area contributed by atoms with E-state index in [0.717, 1.165) is 41.8 Å². The number of methoxy groups -OCH3 is 2. The molecule has 0 N–H and O–H groups in total. The van der Waals surface area contributed by atoms with Crippen molar-refractivity contribution in [2.45, 2.75) is 12.8 Å². The smallest absolute Gasteiger partial charge is 0.163 e. The number of rotatable bonds is 7. The minimum absolute atomic E-state index is 0.547. The van der Waals surface area contributed by atoms with Crippen LogP contribution < -0.4 is 14.4 Å². The van der Waals surface area contributed by atoms with Gasteiger partial charge in [-0.15, -0.1) is 0 Å². The molecule has 4 rings (SSSR count). The van der Waals surface area contributed by atoms with E-state index in [4.69, 9.17) is 25.8 Å². The molecule has 1 aliphatic rings. The molecule has 146 valence electrons. The second-order valence-corrected chi connectivity index (χ2v) is 7.02. The van der Waals surface area contributed by atoms with Gasteiger partial charge in [0.2, 0.25) is 0 Å². The number of nitrogens with zero attached hydrogens (tertiary/aromatic N) is 3. The zero-order valence-corrected chi connectivity index (χ0v) is 16.7. The molecule has 1 aromatic heterocycles. The largest absolute Gasteiger partial charge is 0.493 e. The van der Waals surface area contributed by atoms with Crippen LogP contribution in [0.4, 0.5) is 11.5 Å². The fraction of sp³-hybridized carbons (Fsp3) is 0.333. The van der Waals surface area contributed by atoms with Gasteiger partial charge >= 0.3 is 0 Å². The van der Waals surface area contributed by atoms with Crippen LogP contribution in [0.2, 0.25) is 5.02 Å². The van der Waals surface area contributed by atoms with Gasteiger partial charge in [-0.2, -0.15) is 0 Å². The fourth-order valence-corrected chi connectivity index (χ4v) is 3.66. The molecular weight excluding hydrogens is 378 g/mol. The molecule has 0 saturated heterocycles. The predicted octanol–water partition coefficient (Wildman–Crippen LogP) is 4.40. The summed E-state index contributed by atoms with van der Waals surface area (Å²) in [5.74, 6) is 2.17. The Bertz CT molecular complexity index is 996. The Hall–Kier alpha value is -2.57. The van der Waals surface area contributed by atoms with Crippen LogP contribution in [0.15, 0.2) is 36.7 Å². The number of ether oxygens (including phenoxy) is 3. The third-order valence-corrected chi connectivity index (χ3v) is 5.08. The molecule has 0 bridgehead atoms. The Kier molecular flexibility index (Phi) is 5.50. The Morgan fingerprint density at radius 3 is 2.79 bits per heavy atom. The molecule has 7 heteroatoms. The zero-order chi connectivity index (χ0) is 19.5. The second kappa shape index (κ2) is 8.20. The van der Waals surface area contributed by atoms with Crippen LogP contribution in [-0.2, 0) is 11.2 Å². The van der Waals surface area contributed by atoms with Crippen molar-refractivity contribution in [3.8, 4) is 11.5 Å². The van der Waals surface area contributed by atoms with Crippen molar-refractivity contribution < 1.29 is 14.2 Å². The van der Waals surface area contributed by atoms with Gasteiger partial charge in [-0.1, -0.05) is 17.7 Å². The highest BCUT2D eigenvalue weighted by molar-refractivity contribution is 6.31. The number of halogens is 1. The summed E-state index contributed by atoms with van der Waals surface area (Å²) in [5, 5.41) is 1.63. The van der Waals surface area contributed by atoms with Crippen molar-refractivity contribution in [2.75, 3.05) is 38.9 Å². The number of hydrogen-bond acceptors (Lipinski definition) is 6. The molecule has 2 aromatic carbocycles. The van der Waals surface area contributed by atoms with E-state index in [1.54, 1.807) is 20.5 Å². The summed E-state index contributed by atoms with van der Waals surface area (Å²) in [7, 11) is 3.32. The lowest BCUT2D eigenvalue weighted by molar-refractivity contribution is 0.170. The van der Waals surface area contributed by atoms with E-state index in [9.17, 15) is 0 Å². The molecule has 0 aliphatic carbocycles. The van der Waals surface area contributed by atoms with Gasteiger partial charge in [-0.05, 0) is 30.2 Å². The predicted molar refractivity (Wildman–Crippen MR) is 110 cm³/mol. The van der Waals surface area contributed by atoms with Gasteiger partial charge in [0.25, 0.3) is 0 Å². The van der Waals surface area contributed by atoms with Crippen molar-refractivity contribution in [1.29, 1.82) is 0 Å². The van der Waals surface area contributed by atoms with Crippen LogP contribution in [0.5, 0.6) is 11.5 Å². The molecule has 0 amide bonds. The van der Waals surface area contributed by atoms with Crippen molar-refractivity contribution >= 4 is 34.0 Å². The SMILES string of the molecule is COCCCOc1cc2ncnc(N3CCc4ccc(Cl)cc43)c2cc1OC. The van der Waals surface area contributed by atoms with Crippen molar-refractivity contribution in [1.82, 2.24) is 9.97 Å². The van der Waals surface area contributed by atoms with Crippen LogP contribution >= 0.6 is 11.6 Å². The maximum Gasteiger partial charge on any atom is 0.163 e. The molecule has 0 spiro atoms. The topological polar surface area (TPSA) is 56.7 Å². The highest BCUT2D eigenvalue weighted by atomic mass is 35.5. The average Bonchev–Trinajstić information content (AvgIpc) is 3.13. The summed E-state index contributed by atoms with van der Waals surface area (Å²) in [6.45, 7) is 2.05. The molecule has 6 nitrogen and oxygen atoms in total. The number of hydrogen-bond donors (Lipinski definition) is 0. The summed E-state index contributed by atoms with van der Waals surface area (Å²) in [4.78, 5) is 11.2. The van der Waals surface area contributed by atoms with Crippen molar-refractivity contribution in [3.63, 3.8) is 0 Å². The quantitative estimate of drug-likeness (QED) is 0.549. The summed E-state index contributed by atoms with van der Waals surface area (Å²) in [5.41, 5.74) is 3.16. The van der Waals surface area contributed by atoms with Crippen molar-refractivity contribution in [3.05, 3.63) is 47.2 Å². The molecule has 0 unspecified atom stereocenters. The van der Waals surface area contributed by atoms with Crippen LogP contribution in [-0.4, -0.2) is 43.9 Å². The van der Waals surface area contributed by atoms with Gasteiger partial charge in [0.15, 0.2) is 11.5 Å². The van der Waals surface area contributed by atoms with Gasteiger partial charge in [-0.25, -0.2) is 9.97 Å². The molecule has 2 heterocycles. The first-order chi connectivity index (χ1) is 13.7. The highest BCUT2D eigenvalue weighted by Crippen LogP contribution is 2.40. The van der Waals surface area contributed by atoms with Crippen LogP contribution in [0.3, 0.4) is 0 Å². The normalized spacial score (nSPS) is 13.0. The van der Waals surface area contributed by atoms with Gasteiger partial charge in [-0.3, -0.25) is 0 Å². The maximum atomic E-state index is 6.23. The van der Waals surface area contributed by atoms with E-state index < -0.39 is 0 Å². The Morgan fingerprint density at radius 1 is 1.07 bits per heavy atom. The van der Waals surface area contributed by atoms with Crippen LogP contribution in [0, 0.1) is 0 Å². The molecule has 0 radical (unpaired) electrons. The van der Waals surface area contributed by atoms with E-state index in [-0.39, 0.29) is 0 Å². The van der Waals surface area contributed by atoms with Crippen LogP contribution in [0.1, 0.15) is 12.0 Å². The zero-order valence-electron chi connectivity index (χ0n) is 15.9. The number of benzene rings is 2. The Labute approximate surface area is 169 Å². The molecule has 28 heavy (non-hydrogen) atoms. The van der Waals surface area contributed by atoms with E-state index in [1.807, 2.05) is 24.3 Å². The lowest BCUT2D eigenvalue weighted by Crippen LogP contribution is -2.15. The van der Waals surface area contributed by atoms with E-state index >= 15 is 0 Å². The minimum Gasteiger partial charge on any atom is -0.493 e. The standard InChI is InChI=1S/C21H22ClN3O3/c1-26-8-3-9-28-20-12-17-16(11-19(20)27-2)21(24-13-23-17)25-7-6-14-4-5-15(22)10-18(14)25/h4-5,10-13H,3,6-9H2,1-2H3. The Balaban J connectivity index is 1.72. The monoisotopic (exact) mass is 399 g/mol. The van der Waals surface area contributed by atoms with Crippen LogP contribution in [0.25, 0.3) is 10.9 Å². The second-order valence-electron chi connectivity index (χ2n) is 6.59. The average molecular weight is 400 g/mol. The van der Waals surface area contributed by atoms with Gasteiger partial charge < -0.3 is 19.1 Å². The highest BCUT2D eigenvalue weighted by Gasteiger charge is 2.24. The number of anilines is 2. The summed E-state index contributed by atoms with van der Waals surface area (Å²) in [6.07, 6.45) is 3.34. The third kappa shape index (κ3) is 3.57. The summed E-state index contributed by atoms with van der Waals surface area (Å²) < 4.78 is 16.5. The third-order valence-electron chi connectivity index (χ3n) is 4.85. The fourth-order valence-electron chi connectivity index (χ4n) is 3.50. The molecule has 1 aliphatic heterocycles. The number of fused-ring (bicyclic) bond motifs is 2. The lowest BCUT2D eigenvalue weighted by atomic mass is 10.1. The molecule has 3 aromatic rings. The van der Waals surface area contributed by atoms with E-state index in [0.29, 0.717) is 29.7 Å². The first-order valence-corrected chi connectivity index (χ1v) is 9.59. The number of aromatic nitrogens is 2. The van der Waals surface area contributed by atoms with E-state index in [2.05, 4.69) is 20.9 Å². The van der Waals surface area contributed by atoms with Gasteiger partial charge in [0, 0.05) is 48.8 Å². The van der Waals surface area contributed by atoms with Gasteiger partial charge in [0.1, 0.15) is 12.1 Å². The summed E-state index contributed by atoms with van der Waals surface area (Å²) >= 11 is 6.23. The molecule has 0 saturated carbocycles. The first-order valence-electron chi connectivity index (χ1n) is 9.21. The van der Waals surface area contributed by atoms with E-state index in [1.165, 1.54) is 5.56 Å². The summed E-state index contributed by atoms with van der Waals surface area (Å²) in [6, 6.07) is 9.84. The Morgan fingerprint density at radius 2 is 1.96 bits per heavy atom. The molecule has 0 atom stereocenters.